The van der Waals surface area contributed by atoms with Gasteiger partial charge in [-0.15, -0.1) is 0 Å². The van der Waals surface area contributed by atoms with Gasteiger partial charge in [0, 0.05) is 17.2 Å². The highest BCUT2D eigenvalue weighted by molar-refractivity contribution is 7.52. The largest absolute Gasteiger partial charge is 0.464 e. The molecule has 1 aliphatic rings. The predicted molar refractivity (Wildman–Crippen MR) is 142 cm³/mol. The molecule has 0 aliphatic carbocycles. The molecule has 1 fully saturated rings. The van der Waals surface area contributed by atoms with Crippen molar-refractivity contribution in [3.63, 3.8) is 0 Å². The van der Waals surface area contributed by atoms with Gasteiger partial charge in [0.2, 0.25) is 0 Å². The van der Waals surface area contributed by atoms with Gasteiger partial charge in [-0.2, -0.15) is 5.09 Å². The van der Waals surface area contributed by atoms with Crippen molar-refractivity contribution in [1.82, 2.24) is 14.6 Å². The number of hydrogen-bond donors (Lipinski definition) is 3. The lowest BCUT2D eigenvalue weighted by Crippen LogP contribution is -2.45. The van der Waals surface area contributed by atoms with Crippen molar-refractivity contribution < 1.29 is 33.0 Å². The summed E-state index contributed by atoms with van der Waals surface area (Å²) in [6.45, 7) is 7.98. The average Bonchev–Trinajstić information content (AvgIpc) is 3.11. The lowest BCUT2D eigenvalue weighted by Gasteiger charge is -2.28. The molecular formula is C24H33N6O9P. The number of rotatable bonds is 11. The minimum Gasteiger partial charge on any atom is -0.464 e. The molecule has 3 N–H and O–H groups in total. The molecule has 0 amide bonds. The van der Waals surface area contributed by atoms with Gasteiger partial charge in [0.1, 0.15) is 23.4 Å². The third kappa shape index (κ3) is 7.60. The molecule has 2 aromatic rings. The molecule has 1 aromatic heterocycles. The molecule has 3 rings (SSSR count). The molecule has 6 atom stereocenters. The fraction of sp³-hybridized carbons (Fsp3) is 0.542. The second-order valence-corrected chi connectivity index (χ2v) is 12.3. The zero-order valence-electron chi connectivity index (χ0n) is 22.7. The number of nitrogens with one attached hydrogen (secondary N) is 2. The molecule has 1 saturated heterocycles. The number of carbonyl (C=O) groups is 1. The van der Waals surface area contributed by atoms with Gasteiger partial charge in [0.15, 0.2) is 6.23 Å². The van der Waals surface area contributed by atoms with Crippen molar-refractivity contribution in [2.45, 2.75) is 64.6 Å². The number of para-hydroxylation sites is 1. The summed E-state index contributed by atoms with van der Waals surface area (Å²) < 4.78 is 37.1. The van der Waals surface area contributed by atoms with Gasteiger partial charge in [0.05, 0.1) is 19.3 Å². The van der Waals surface area contributed by atoms with Gasteiger partial charge < -0.3 is 19.1 Å². The first-order valence-electron chi connectivity index (χ1n) is 12.3. The van der Waals surface area contributed by atoms with Gasteiger partial charge in [-0.05, 0) is 36.9 Å². The van der Waals surface area contributed by atoms with E-state index in [1.807, 2.05) is 20.8 Å². The predicted octanol–water partition coefficient (Wildman–Crippen LogP) is 2.63. The number of aromatic nitrogens is 2. The first-order valence-corrected chi connectivity index (χ1v) is 13.9. The van der Waals surface area contributed by atoms with E-state index in [9.17, 15) is 24.1 Å². The number of aliphatic hydroxyl groups excluding tert-OH is 1. The fourth-order valence-electron chi connectivity index (χ4n) is 3.78. The van der Waals surface area contributed by atoms with E-state index in [1.54, 1.807) is 18.2 Å². The van der Waals surface area contributed by atoms with Crippen molar-refractivity contribution in [3.8, 4) is 5.75 Å². The fourth-order valence-corrected chi connectivity index (χ4v) is 5.28. The normalized spacial score (nSPS) is 24.9. The molecule has 16 heteroatoms. The van der Waals surface area contributed by atoms with E-state index in [-0.39, 0.29) is 17.8 Å². The Hall–Kier alpha value is -3.45. The van der Waals surface area contributed by atoms with E-state index in [4.69, 9.17) is 24.1 Å². The van der Waals surface area contributed by atoms with E-state index in [0.29, 0.717) is 0 Å². The van der Waals surface area contributed by atoms with Gasteiger partial charge in [-0.25, -0.2) is 9.36 Å². The standard InChI is InChI=1S/C24H33N6O9P/c1-15(20(33)36-14-23(2,3)4)27-40(35,39-16-9-7-6-8-10-16)37-13-17-19(32)24(5,28-29-25)21(38-17)30-12-11-18(31)26-22(30)34/h6-12,15,17,19,21,32H,13-14H2,1-5H3,(H,27,35)(H,26,31,34)/t15-,17+,19+,21+,24+,40?/m0/s1. The van der Waals surface area contributed by atoms with Gasteiger partial charge in [0.25, 0.3) is 5.56 Å². The molecule has 40 heavy (non-hydrogen) atoms. The van der Waals surface area contributed by atoms with Crippen LogP contribution in [0.1, 0.15) is 40.8 Å². The Morgan fingerprint density at radius 2 is 2.00 bits per heavy atom. The van der Waals surface area contributed by atoms with Crippen molar-refractivity contribution in [1.29, 1.82) is 0 Å². The molecular weight excluding hydrogens is 547 g/mol. The maximum Gasteiger partial charge on any atom is 0.459 e. The summed E-state index contributed by atoms with van der Waals surface area (Å²) in [7, 11) is -4.32. The van der Waals surface area contributed by atoms with Gasteiger partial charge >= 0.3 is 19.4 Å². The van der Waals surface area contributed by atoms with Crippen molar-refractivity contribution in [2.75, 3.05) is 13.2 Å². The molecule has 0 radical (unpaired) electrons. The Bertz CT molecular complexity index is 1400. The minimum absolute atomic E-state index is 0.119. The maximum absolute atomic E-state index is 13.8. The summed E-state index contributed by atoms with van der Waals surface area (Å²) in [6, 6.07) is 7.99. The second-order valence-electron chi connectivity index (χ2n) is 10.6. The van der Waals surface area contributed by atoms with Crippen LogP contribution in [-0.4, -0.2) is 57.6 Å². The summed E-state index contributed by atoms with van der Waals surface area (Å²) in [6.07, 6.45) is -3.06. The van der Waals surface area contributed by atoms with Crippen LogP contribution in [0.3, 0.4) is 0 Å². The second kappa shape index (κ2) is 12.4. The number of carbonyl (C=O) groups excluding carboxylic acids is 1. The molecule has 0 spiro atoms. The van der Waals surface area contributed by atoms with Crippen LogP contribution in [0.5, 0.6) is 5.75 Å². The zero-order valence-corrected chi connectivity index (χ0v) is 23.6. The number of benzene rings is 1. The van der Waals surface area contributed by atoms with Gasteiger partial charge in [-0.3, -0.25) is 23.7 Å². The summed E-state index contributed by atoms with van der Waals surface area (Å²) in [5, 5.41) is 17.2. The van der Waals surface area contributed by atoms with E-state index < -0.39 is 61.6 Å². The molecule has 2 heterocycles. The first-order chi connectivity index (χ1) is 18.7. The molecule has 0 saturated carbocycles. The smallest absolute Gasteiger partial charge is 0.459 e. The topological polar surface area (TPSA) is 207 Å². The monoisotopic (exact) mass is 580 g/mol. The number of nitrogens with zero attached hydrogens (tertiary/aromatic N) is 4. The highest BCUT2D eigenvalue weighted by Crippen LogP contribution is 2.47. The Morgan fingerprint density at radius 1 is 1.32 bits per heavy atom. The molecule has 15 nitrogen and oxygen atoms in total. The van der Waals surface area contributed by atoms with Crippen LogP contribution < -0.4 is 20.9 Å². The number of ether oxygens (including phenoxy) is 2. The van der Waals surface area contributed by atoms with Gasteiger partial charge in [-0.1, -0.05) is 44.1 Å². The number of azide groups is 1. The lowest BCUT2D eigenvalue weighted by molar-refractivity contribution is -0.148. The van der Waals surface area contributed by atoms with E-state index in [2.05, 4.69) is 20.1 Å². The number of hydrogen-bond acceptors (Lipinski definition) is 10. The van der Waals surface area contributed by atoms with Crippen molar-refractivity contribution in [3.05, 3.63) is 73.9 Å². The quantitative estimate of drug-likeness (QED) is 0.116. The van der Waals surface area contributed by atoms with Crippen molar-refractivity contribution in [2.24, 2.45) is 10.5 Å². The number of esters is 1. The number of aromatic amines is 1. The lowest BCUT2D eigenvalue weighted by atomic mass is 9.93. The van der Waals surface area contributed by atoms with E-state index in [0.717, 1.165) is 16.8 Å². The summed E-state index contributed by atoms with van der Waals surface area (Å²) in [5.74, 6) is -0.529. The Kier molecular flexibility index (Phi) is 9.62. The third-order valence-electron chi connectivity index (χ3n) is 5.85. The molecule has 1 unspecified atom stereocenters. The van der Waals surface area contributed by atoms with Crippen LogP contribution >= 0.6 is 7.75 Å². The summed E-state index contributed by atoms with van der Waals surface area (Å²) in [4.78, 5) is 41.3. The Labute approximate surface area is 229 Å². The SMILES string of the molecule is C[C@H](NP(=O)(OC[C@H]1O[C@@H](n2ccc(=O)[nH]c2=O)[C@](C)(N=[N+]=[N-])[C@@H]1O)Oc1ccccc1)C(=O)OCC(C)(C)C. The average molecular weight is 581 g/mol. The van der Waals surface area contributed by atoms with Crippen LogP contribution in [-0.2, 0) is 23.4 Å². The van der Waals surface area contributed by atoms with Crippen LogP contribution in [0, 0.1) is 5.41 Å². The maximum atomic E-state index is 13.8. The summed E-state index contributed by atoms with van der Waals surface area (Å²) in [5.41, 5.74) is 5.58. The van der Waals surface area contributed by atoms with Crippen LogP contribution in [0.4, 0.5) is 0 Å². The third-order valence-corrected chi connectivity index (χ3v) is 7.49. The molecule has 218 valence electrons. The van der Waals surface area contributed by atoms with Crippen LogP contribution in [0.2, 0.25) is 0 Å². The minimum atomic E-state index is -4.32. The first kappa shape index (κ1) is 31.1. The highest BCUT2D eigenvalue weighted by Gasteiger charge is 2.55. The number of H-pyrrole nitrogens is 1. The van der Waals surface area contributed by atoms with Crippen LogP contribution in [0.25, 0.3) is 10.4 Å². The zero-order chi connectivity index (χ0) is 29.7. The van der Waals surface area contributed by atoms with Crippen LogP contribution in [0.15, 0.2) is 57.3 Å². The van der Waals surface area contributed by atoms with E-state index >= 15 is 0 Å². The summed E-state index contributed by atoms with van der Waals surface area (Å²) >= 11 is 0. The van der Waals surface area contributed by atoms with E-state index in [1.165, 1.54) is 26.0 Å². The Balaban J connectivity index is 1.84. The Morgan fingerprint density at radius 3 is 2.60 bits per heavy atom. The number of aliphatic hydroxyl groups is 1. The van der Waals surface area contributed by atoms with Crippen molar-refractivity contribution >= 4 is 13.7 Å². The highest BCUT2D eigenvalue weighted by atomic mass is 31.2. The molecule has 0 bridgehead atoms. The molecule has 1 aromatic carbocycles. The molecule has 1 aliphatic heterocycles.